The highest BCUT2D eigenvalue weighted by Crippen LogP contribution is 2.27. The van der Waals surface area contributed by atoms with Crippen molar-refractivity contribution in [3.8, 4) is 5.75 Å². The minimum absolute atomic E-state index is 0.0648. The molecule has 4 aromatic rings. The zero-order valence-electron chi connectivity index (χ0n) is 15.9. The molecule has 0 aliphatic heterocycles. The summed E-state index contributed by atoms with van der Waals surface area (Å²) in [5.74, 6) is -0.326. The second-order valence-electron chi connectivity index (χ2n) is 6.66. The lowest BCUT2D eigenvalue weighted by Gasteiger charge is -2.13. The summed E-state index contributed by atoms with van der Waals surface area (Å²) >= 11 is 0. The quantitative estimate of drug-likeness (QED) is 0.486. The SMILES string of the molecule is Cc1noc2ncc(C(=O)Nc3ccc(OC(F)F)c(Cc4ccccc4)c3)cc12. The summed E-state index contributed by atoms with van der Waals surface area (Å²) in [5.41, 5.74) is 3.22. The lowest BCUT2D eigenvalue weighted by atomic mass is 10.0. The molecule has 0 aliphatic carbocycles. The molecule has 2 aromatic carbocycles. The largest absolute Gasteiger partial charge is 0.435 e. The molecule has 1 amide bonds. The Morgan fingerprint density at radius 2 is 1.97 bits per heavy atom. The number of halogens is 2. The minimum Gasteiger partial charge on any atom is -0.435 e. The van der Waals surface area contributed by atoms with Crippen molar-refractivity contribution in [1.82, 2.24) is 10.1 Å². The van der Waals surface area contributed by atoms with Crippen LogP contribution in [0.3, 0.4) is 0 Å². The molecular formula is C22H17F2N3O3. The summed E-state index contributed by atoms with van der Waals surface area (Å²) in [7, 11) is 0. The van der Waals surface area contributed by atoms with E-state index in [1.165, 1.54) is 18.3 Å². The molecule has 2 aromatic heterocycles. The molecular weight excluding hydrogens is 392 g/mol. The maximum atomic E-state index is 12.8. The van der Waals surface area contributed by atoms with E-state index in [2.05, 4.69) is 20.2 Å². The number of carbonyl (C=O) groups is 1. The van der Waals surface area contributed by atoms with Crippen LogP contribution in [-0.4, -0.2) is 22.7 Å². The zero-order valence-corrected chi connectivity index (χ0v) is 15.9. The third-order valence-electron chi connectivity index (χ3n) is 4.54. The monoisotopic (exact) mass is 409 g/mol. The molecule has 4 rings (SSSR count). The van der Waals surface area contributed by atoms with Crippen LogP contribution in [0.1, 0.15) is 27.2 Å². The van der Waals surface area contributed by atoms with E-state index >= 15 is 0 Å². The number of hydrogen-bond acceptors (Lipinski definition) is 5. The number of ether oxygens (including phenoxy) is 1. The number of fused-ring (bicyclic) bond motifs is 1. The van der Waals surface area contributed by atoms with Crippen molar-refractivity contribution >= 4 is 22.7 Å². The van der Waals surface area contributed by atoms with E-state index in [0.29, 0.717) is 40.0 Å². The van der Waals surface area contributed by atoms with E-state index < -0.39 is 12.5 Å². The summed E-state index contributed by atoms with van der Waals surface area (Å²) in [6.45, 7) is -1.18. The first-order valence-corrected chi connectivity index (χ1v) is 9.14. The normalized spacial score (nSPS) is 11.1. The molecule has 0 radical (unpaired) electrons. The van der Waals surface area contributed by atoms with Crippen molar-refractivity contribution < 1.29 is 22.8 Å². The lowest BCUT2D eigenvalue weighted by Crippen LogP contribution is -2.13. The first-order chi connectivity index (χ1) is 14.5. The van der Waals surface area contributed by atoms with Gasteiger partial charge in [0.2, 0.25) is 0 Å². The number of aromatic nitrogens is 2. The third kappa shape index (κ3) is 4.27. The molecule has 2 heterocycles. The van der Waals surface area contributed by atoms with Crippen molar-refractivity contribution in [2.75, 3.05) is 5.32 Å². The summed E-state index contributed by atoms with van der Waals surface area (Å²) < 4.78 is 35.3. The highest BCUT2D eigenvalue weighted by atomic mass is 19.3. The second kappa shape index (κ2) is 8.28. The Labute approximate surface area is 170 Å². The van der Waals surface area contributed by atoms with Gasteiger partial charge in [-0.15, -0.1) is 0 Å². The van der Waals surface area contributed by atoms with Gasteiger partial charge in [-0.05, 0) is 36.8 Å². The van der Waals surface area contributed by atoms with Crippen LogP contribution in [0.15, 0.2) is 65.3 Å². The number of alkyl halides is 2. The van der Waals surface area contributed by atoms with Crippen LogP contribution in [0, 0.1) is 6.92 Å². The first-order valence-electron chi connectivity index (χ1n) is 9.14. The van der Waals surface area contributed by atoms with Crippen molar-refractivity contribution in [3.05, 3.63) is 83.2 Å². The van der Waals surface area contributed by atoms with Crippen LogP contribution in [0.5, 0.6) is 5.75 Å². The average molecular weight is 409 g/mol. The number of amides is 1. The van der Waals surface area contributed by atoms with E-state index in [0.717, 1.165) is 5.56 Å². The summed E-state index contributed by atoms with van der Waals surface area (Å²) in [4.78, 5) is 16.8. The Kier molecular flexibility index (Phi) is 5.38. The van der Waals surface area contributed by atoms with E-state index in [1.807, 2.05) is 30.3 Å². The number of anilines is 1. The standard InChI is InChI=1S/C22H17F2N3O3/c1-13-18-11-16(12-25-21(18)30-27-13)20(28)26-17-7-8-19(29-22(23)24)15(10-17)9-14-5-3-2-4-6-14/h2-8,10-12,22H,9H2,1H3,(H,26,28). The van der Waals surface area contributed by atoms with Crippen LogP contribution in [-0.2, 0) is 6.42 Å². The van der Waals surface area contributed by atoms with Crippen LogP contribution in [0.2, 0.25) is 0 Å². The molecule has 152 valence electrons. The molecule has 0 fully saturated rings. The maximum absolute atomic E-state index is 12.8. The predicted octanol–water partition coefficient (Wildman–Crippen LogP) is 4.98. The number of carbonyl (C=O) groups excluding carboxylic acids is 1. The third-order valence-corrected chi connectivity index (χ3v) is 4.54. The van der Waals surface area contributed by atoms with Crippen LogP contribution in [0.25, 0.3) is 11.1 Å². The average Bonchev–Trinajstić information content (AvgIpc) is 3.10. The number of pyridine rings is 1. The van der Waals surface area contributed by atoms with Gasteiger partial charge in [-0.2, -0.15) is 8.78 Å². The van der Waals surface area contributed by atoms with E-state index in [4.69, 9.17) is 4.52 Å². The fraction of sp³-hybridized carbons (Fsp3) is 0.136. The topological polar surface area (TPSA) is 77.2 Å². The molecule has 0 saturated heterocycles. The molecule has 0 saturated carbocycles. The fourth-order valence-electron chi connectivity index (χ4n) is 3.09. The van der Waals surface area contributed by atoms with Gasteiger partial charge in [0.25, 0.3) is 11.6 Å². The lowest BCUT2D eigenvalue weighted by molar-refractivity contribution is -0.0503. The van der Waals surface area contributed by atoms with Gasteiger partial charge in [-0.3, -0.25) is 4.79 Å². The smallest absolute Gasteiger partial charge is 0.387 e. The van der Waals surface area contributed by atoms with E-state index in [-0.39, 0.29) is 5.75 Å². The second-order valence-corrected chi connectivity index (χ2v) is 6.66. The fourth-order valence-corrected chi connectivity index (χ4v) is 3.09. The van der Waals surface area contributed by atoms with Gasteiger partial charge in [0.15, 0.2) is 0 Å². The molecule has 0 spiro atoms. The van der Waals surface area contributed by atoms with Crippen molar-refractivity contribution in [2.45, 2.75) is 20.0 Å². The van der Waals surface area contributed by atoms with Gasteiger partial charge in [0.1, 0.15) is 5.75 Å². The number of nitrogens with zero attached hydrogens (tertiary/aromatic N) is 2. The summed E-state index contributed by atoms with van der Waals surface area (Å²) in [6, 6.07) is 15.6. The van der Waals surface area contributed by atoms with E-state index in [9.17, 15) is 13.6 Å². The molecule has 0 aliphatic rings. The molecule has 8 heteroatoms. The molecule has 6 nitrogen and oxygen atoms in total. The number of rotatable bonds is 6. The van der Waals surface area contributed by atoms with Crippen molar-refractivity contribution in [2.24, 2.45) is 0 Å². The Morgan fingerprint density at radius 3 is 2.73 bits per heavy atom. The van der Waals surface area contributed by atoms with Gasteiger partial charge in [-0.25, -0.2) is 4.98 Å². The molecule has 0 bridgehead atoms. The zero-order chi connectivity index (χ0) is 21.1. The predicted molar refractivity (Wildman–Crippen MR) is 107 cm³/mol. The Bertz CT molecular complexity index is 1190. The number of nitrogens with one attached hydrogen (secondary N) is 1. The minimum atomic E-state index is -2.94. The highest BCUT2D eigenvalue weighted by Gasteiger charge is 2.15. The number of aryl methyl sites for hydroxylation is 1. The van der Waals surface area contributed by atoms with Crippen LogP contribution < -0.4 is 10.1 Å². The maximum Gasteiger partial charge on any atom is 0.387 e. The van der Waals surface area contributed by atoms with Gasteiger partial charge < -0.3 is 14.6 Å². The molecule has 1 N–H and O–H groups in total. The Morgan fingerprint density at radius 1 is 1.17 bits per heavy atom. The number of hydrogen-bond donors (Lipinski definition) is 1. The highest BCUT2D eigenvalue weighted by molar-refractivity contribution is 6.05. The van der Waals surface area contributed by atoms with Gasteiger partial charge >= 0.3 is 6.61 Å². The molecule has 0 unspecified atom stereocenters. The summed E-state index contributed by atoms with van der Waals surface area (Å²) in [6.07, 6.45) is 1.77. The first kappa shape index (κ1) is 19.5. The Hall–Kier alpha value is -3.81. The van der Waals surface area contributed by atoms with Crippen LogP contribution in [0.4, 0.5) is 14.5 Å². The number of benzene rings is 2. The summed E-state index contributed by atoms with van der Waals surface area (Å²) in [5, 5.41) is 7.24. The van der Waals surface area contributed by atoms with Gasteiger partial charge in [0, 0.05) is 23.9 Å². The van der Waals surface area contributed by atoms with E-state index in [1.54, 1.807) is 19.1 Å². The van der Waals surface area contributed by atoms with Crippen molar-refractivity contribution in [3.63, 3.8) is 0 Å². The van der Waals surface area contributed by atoms with Crippen LogP contribution >= 0.6 is 0 Å². The van der Waals surface area contributed by atoms with Gasteiger partial charge in [0.05, 0.1) is 16.6 Å². The van der Waals surface area contributed by atoms with Crippen molar-refractivity contribution in [1.29, 1.82) is 0 Å². The van der Waals surface area contributed by atoms with Gasteiger partial charge in [-0.1, -0.05) is 35.5 Å². The molecule has 0 atom stereocenters. The Balaban J connectivity index is 1.60. The molecule has 30 heavy (non-hydrogen) atoms.